The predicted octanol–water partition coefficient (Wildman–Crippen LogP) is 3.59. The molecule has 3 aromatic rings. The van der Waals surface area contributed by atoms with Crippen molar-refractivity contribution in [3.63, 3.8) is 0 Å². The average Bonchev–Trinajstić information content (AvgIpc) is 3.18. The van der Waals surface area contributed by atoms with Crippen LogP contribution in [0, 0.1) is 0 Å². The van der Waals surface area contributed by atoms with Gasteiger partial charge in [0.1, 0.15) is 5.75 Å². The van der Waals surface area contributed by atoms with E-state index in [4.69, 9.17) is 18.9 Å². The Hall–Kier alpha value is -3.37. The number of hydrogen-bond acceptors (Lipinski definition) is 8. The molecule has 0 radical (unpaired) electrons. The van der Waals surface area contributed by atoms with Crippen LogP contribution in [0.15, 0.2) is 61.9 Å². The van der Waals surface area contributed by atoms with Crippen LogP contribution >= 0.6 is 27.3 Å². The fourth-order valence-corrected chi connectivity index (χ4v) is 5.43. The SMILES string of the molecule is CCOC(=O)C1=C(C)N=c2s/c(=C\c3cc(OC)ccc3Br)c(=O)n2[C@H]1c1ccc(OC)c(OC)c1. The van der Waals surface area contributed by atoms with E-state index in [0.717, 1.165) is 10.0 Å². The highest BCUT2D eigenvalue weighted by atomic mass is 79.9. The summed E-state index contributed by atoms with van der Waals surface area (Å²) in [5, 5.41) is 0. The van der Waals surface area contributed by atoms with E-state index in [-0.39, 0.29) is 12.2 Å². The van der Waals surface area contributed by atoms with Gasteiger partial charge in [0, 0.05) is 4.47 Å². The number of ether oxygens (including phenoxy) is 4. The summed E-state index contributed by atoms with van der Waals surface area (Å²) >= 11 is 4.79. The molecule has 36 heavy (non-hydrogen) atoms. The maximum Gasteiger partial charge on any atom is 0.338 e. The Kier molecular flexibility index (Phi) is 7.65. The number of halogens is 1. The second kappa shape index (κ2) is 10.7. The first kappa shape index (κ1) is 25.7. The van der Waals surface area contributed by atoms with Crippen LogP contribution in [0.25, 0.3) is 6.08 Å². The molecule has 0 saturated heterocycles. The minimum atomic E-state index is -0.754. The first-order valence-corrected chi connectivity index (χ1v) is 12.7. The van der Waals surface area contributed by atoms with Crippen LogP contribution < -0.4 is 29.1 Å². The average molecular weight is 573 g/mol. The number of nitrogens with zero attached hydrogens (tertiary/aromatic N) is 2. The molecule has 1 atom stereocenters. The molecule has 0 unspecified atom stereocenters. The first-order chi connectivity index (χ1) is 17.3. The smallest absolute Gasteiger partial charge is 0.338 e. The van der Waals surface area contributed by atoms with E-state index in [9.17, 15) is 9.59 Å². The van der Waals surface area contributed by atoms with Gasteiger partial charge >= 0.3 is 5.97 Å². The third-order valence-electron chi connectivity index (χ3n) is 5.73. The van der Waals surface area contributed by atoms with Crippen molar-refractivity contribution < 1.29 is 23.7 Å². The third kappa shape index (κ3) is 4.70. The summed E-state index contributed by atoms with van der Waals surface area (Å²) in [6, 6.07) is 10.1. The van der Waals surface area contributed by atoms with Gasteiger partial charge in [0.2, 0.25) is 0 Å². The van der Waals surface area contributed by atoms with E-state index in [1.54, 1.807) is 52.3 Å². The zero-order chi connectivity index (χ0) is 26.0. The Morgan fingerprint density at radius 2 is 1.86 bits per heavy atom. The van der Waals surface area contributed by atoms with Gasteiger partial charge in [-0.2, -0.15) is 0 Å². The summed E-state index contributed by atoms with van der Waals surface area (Å²) in [5.41, 5.74) is 1.96. The van der Waals surface area contributed by atoms with E-state index in [1.165, 1.54) is 23.0 Å². The number of methoxy groups -OCH3 is 3. The highest BCUT2D eigenvalue weighted by Gasteiger charge is 2.34. The second-order valence-electron chi connectivity index (χ2n) is 7.80. The van der Waals surface area contributed by atoms with Crippen molar-refractivity contribution in [2.24, 2.45) is 4.99 Å². The van der Waals surface area contributed by atoms with Crippen molar-refractivity contribution in [2.75, 3.05) is 27.9 Å². The number of aromatic nitrogens is 1. The standard InChI is InChI=1S/C26H25BrN2O6S/c1-6-35-25(31)22-14(2)28-26-29(23(22)15-7-10-19(33-4)20(12-15)34-5)24(30)21(36-26)13-16-11-17(32-3)8-9-18(16)27/h7-13,23H,6H2,1-5H3/b21-13-/t23-/m0/s1. The van der Waals surface area contributed by atoms with Crippen LogP contribution in [0.3, 0.4) is 0 Å². The molecule has 188 valence electrons. The number of carbonyl (C=O) groups is 1. The van der Waals surface area contributed by atoms with Gasteiger partial charge in [0.15, 0.2) is 16.3 Å². The van der Waals surface area contributed by atoms with Crippen molar-refractivity contribution in [1.29, 1.82) is 0 Å². The molecule has 10 heteroatoms. The monoisotopic (exact) mass is 572 g/mol. The molecular weight excluding hydrogens is 548 g/mol. The maximum atomic E-state index is 13.8. The lowest BCUT2D eigenvalue weighted by atomic mass is 9.95. The number of rotatable bonds is 7. The number of fused-ring (bicyclic) bond motifs is 1. The van der Waals surface area contributed by atoms with Crippen LogP contribution in [0.1, 0.15) is 31.0 Å². The van der Waals surface area contributed by atoms with Gasteiger partial charge in [0.25, 0.3) is 5.56 Å². The molecule has 0 spiro atoms. The molecular formula is C26H25BrN2O6S. The summed E-state index contributed by atoms with van der Waals surface area (Å²) in [5.74, 6) is 1.16. The largest absolute Gasteiger partial charge is 0.497 e. The van der Waals surface area contributed by atoms with Crippen LogP contribution in [0.5, 0.6) is 17.2 Å². The molecule has 1 aromatic heterocycles. The van der Waals surface area contributed by atoms with Crippen molar-refractivity contribution in [3.05, 3.63) is 83.0 Å². The van der Waals surface area contributed by atoms with Crippen molar-refractivity contribution >= 4 is 39.3 Å². The molecule has 0 N–H and O–H groups in total. The molecule has 1 aliphatic heterocycles. The lowest BCUT2D eigenvalue weighted by Gasteiger charge is -2.25. The Morgan fingerprint density at radius 1 is 1.11 bits per heavy atom. The normalized spacial score (nSPS) is 15.3. The second-order valence-corrected chi connectivity index (χ2v) is 9.67. The summed E-state index contributed by atoms with van der Waals surface area (Å²) in [6.07, 6.45) is 1.78. The van der Waals surface area contributed by atoms with Gasteiger partial charge in [-0.25, -0.2) is 9.79 Å². The van der Waals surface area contributed by atoms with E-state index in [0.29, 0.717) is 43.4 Å². The number of esters is 1. The zero-order valence-electron chi connectivity index (χ0n) is 20.5. The molecule has 0 fully saturated rings. The lowest BCUT2D eigenvalue weighted by molar-refractivity contribution is -0.139. The lowest BCUT2D eigenvalue weighted by Crippen LogP contribution is -2.40. The molecule has 0 bridgehead atoms. The third-order valence-corrected chi connectivity index (χ3v) is 7.44. The molecule has 0 saturated carbocycles. The Labute approximate surface area is 220 Å². The van der Waals surface area contributed by atoms with Gasteiger partial charge in [-0.1, -0.05) is 33.3 Å². The number of allylic oxidation sites excluding steroid dienone is 1. The topological polar surface area (TPSA) is 88.4 Å². The highest BCUT2D eigenvalue weighted by Crippen LogP contribution is 2.36. The predicted molar refractivity (Wildman–Crippen MR) is 141 cm³/mol. The van der Waals surface area contributed by atoms with Gasteiger partial charge < -0.3 is 18.9 Å². The highest BCUT2D eigenvalue weighted by molar-refractivity contribution is 9.10. The Morgan fingerprint density at radius 3 is 2.53 bits per heavy atom. The molecule has 8 nitrogen and oxygen atoms in total. The van der Waals surface area contributed by atoms with Crippen molar-refractivity contribution in [3.8, 4) is 17.2 Å². The molecule has 4 rings (SSSR count). The quantitative estimate of drug-likeness (QED) is 0.402. The maximum absolute atomic E-state index is 13.8. The number of carbonyl (C=O) groups excluding carboxylic acids is 1. The first-order valence-electron chi connectivity index (χ1n) is 11.1. The summed E-state index contributed by atoms with van der Waals surface area (Å²) in [4.78, 5) is 31.9. The summed E-state index contributed by atoms with van der Waals surface area (Å²) in [6.45, 7) is 3.68. The fraction of sp³-hybridized carbons (Fsp3) is 0.269. The van der Waals surface area contributed by atoms with Gasteiger partial charge in [-0.3, -0.25) is 9.36 Å². The van der Waals surface area contributed by atoms with Gasteiger partial charge in [-0.05, 0) is 61.4 Å². The molecule has 0 aliphatic carbocycles. The van der Waals surface area contributed by atoms with Crippen molar-refractivity contribution in [1.82, 2.24) is 4.57 Å². The number of benzene rings is 2. The number of thiazole rings is 1. The molecule has 2 aromatic carbocycles. The summed E-state index contributed by atoms with van der Waals surface area (Å²) < 4.78 is 24.4. The van der Waals surface area contributed by atoms with Crippen molar-refractivity contribution in [2.45, 2.75) is 19.9 Å². The Balaban J connectivity index is 1.98. The molecule has 2 heterocycles. The van der Waals surface area contributed by atoms with Gasteiger partial charge in [-0.15, -0.1) is 0 Å². The van der Waals surface area contributed by atoms with E-state index in [2.05, 4.69) is 20.9 Å². The van der Waals surface area contributed by atoms with Crippen LogP contribution in [0.2, 0.25) is 0 Å². The van der Waals surface area contributed by atoms with E-state index < -0.39 is 12.0 Å². The minimum Gasteiger partial charge on any atom is -0.497 e. The van der Waals surface area contributed by atoms with Crippen LogP contribution in [-0.4, -0.2) is 38.5 Å². The Bertz CT molecular complexity index is 1540. The van der Waals surface area contributed by atoms with E-state index in [1.807, 2.05) is 18.2 Å². The van der Waals surface area contributed by atoms with Crippen LogP contribution in [0.4, 0.5) is 0 Å². The number of hydrogen-bond donors (Lipinski definition) is 0. The summed E-state index contributed by atoms with van der Waals surface area (Å²) in [7, 11) is 4.67. The van der Waals surface area contributed by atoms with Crippen LogP contribution in [-0.2, 0) is 9.53 Å². The molecule has 1 aliphatic rings. The molecule has 0 amide bonds. The van der Waals surface area contributed by atoms with E-state index >= 15 is 0 Å². The fourth-order valence-electron chi connectivity index (χ4n) is 4.03. The zero-order valence-corrected chi connectivity index (χ0v) is 22.9. The van der Waals surface area contributed by atoms with Gasteiger partial charge in [0.05, 0.1) is 49.8 Å². The minimum absolute atomic E-state index is 0.197.